The van der Waals surface area contributed by atoms with E-state index in [9.17, 15) is 19.1 Å². The molecule has 0 aliphatic carbocycles. The minimum Gasteiger partial charge on any atom is -0.480 e. The van der Waals surface area contributed by atoms with Crippen LogP contribution in [0.15, 0.2) is 41.6 Å². The summed E-state index contributed by atoms with van der Waals surface area (Å²) in [7, 11) is 0. The predicted octanol–water partition coefficient (Wildman–Crippen LogP) is 2.94. The normalized spacial score (nSPS) is 11.3. The number of benzene rings is 1. The Balaban J connectivity index is 2.49. The van der Waals surface area contributed by atoms with Crippen LogP contribution in [0.4, 0.5) is 4.39 Å². The second-order valence-electron chi connectivity index (χ2n) is 5.35. The molecule has 0 aliphatic heterocycles. The van der Waals surface area contributed by atoms with Crippen molar-refractivity contribution in [2.75, 3.05) is 0 Å². The molecular weight excluding hydrogens is 319 g/mol. The molecule has 3 N–H and O–H groups in total. The molecule has 7 heteroatoms. The van der Waals surface area contributed by atoms with Gasteiger partial charge < -0.3 is 10.8 Å². The van der Waals surface area contributed by atoms with Crippen molar-refractivity contribution in [2.24, 2.45) is 5.73 Å². The van der Waals surface area contributed by atoms with Gasteiger partial charge in [0.05, 0.1) is 0 Å². The van der Waals surface area contributed by atoms with Gasteiger partial charge in [-0.2, -0.15) is 0 Å². The molecule has 0 spiro atoms. The number of nitrogens with zero attached hydrogens (tertiary/aromatic N) is 1. The molecule has 1 heterocycles. The zero-order valence-corrected chi connectivity index (χ0v) is 13.4. The summed E-state index contributed by atoms with van der Waals surface area (Å²) in [5.74, 6) is -2.32. The minimum absolute atomic E-state index is 0.0650. The Labute approximate surface area is 136 Å². The van der Waals surface area contributed by atoms with Gasteiger partial charge in [-0.25, -0.2) is 4.39 Å². The first-order valence-corrected chi connectivity index (χ1v) is 7.50. The third-order valence-electron chi connectivity index (χ3n) is 3.20. The minimum atomic E-state index is -1.08. The van der Waals surface area contributed by atoms with Gasteiger partial charge in [-0.05, 0) is 32.0 Å². The number of pyridine rings is 1. The third-order valence-corrected chi connectivity index (χ3v) is 4.47. The van der Waals surface area contributed by atoms with Gasteiger partial charge in [0.1, 0.15) is 10.6 Å². The number of primary amides is 1. The van der Waals surface area contributed by atoms with Crippen molar-refractivity contribution in [3.63, 3.8) is 0 Å². The lowest BCUT2D eigenvalue weighted by Crippen LogP contribution is -2.27. The predicted molar refractivity (Wildman–Crippen MR) is 85.7 cm³/mol. The van der Waals surface area contributed by atoms with Crippen molar-refractivity contribution in [2.45, 2.75) is 23.5 Å². The standard InChI is InChI=1S/C16H15FN2O3S/c1-16(2,15(21)22)23-13-5-6-19-8-11(13)10-4-3-9(14(18)20)7-12(10)17/h3-8H,1-2H3,(H2,18,20)(H,21,22). The molecule has 5 nitrogen and oxygen atoms in total. The van der Waals surface area contributed by atoms with E-state index in [-0.39, 0.29) is 11.1 Å². The van der Waals surface area contributed by atoms with Crippen molar-refractivity contribution in [3.05, 3.63) is 48.0 Å². The number of carbonyl (C=O) groups is 2. The molecule has 0 saturated heterocycles. The highest BCUT2D eigenvalue weighted by Crippen LogP contribution is 2.39. The van der Waals surface area contributed by atoms with Gasteiger partial charge in [0.15, 0.2) is 0 Å². The van der Waals surface area contributed by atoms with Crippen LogP contribution in [0.3, 0.4) is 0 Å². The Morgan fingerprint density at radius 3 is 2.52 bits per heavy atom. The van der Waals surface area contributed by atoms with Gasteiger partial charge in [0.25, 0.3) is 0 Å². The van der Waals surface area contributed by atoms with Gasteiger partial charge in [-0.15, -0.1) is 11.8 Å². The fraction of sp³-hybridized carbons (Fsp3) is 0.188. The quantitative estimate of drug-likeness (QED) is 0.820. The van der Waals surface area contributed by atoms with Crippen molar-refractivity contribution in [1.29, 1.82) is 0 Å². The van der Waals surface area contributed by atoms with Crippen molar-refractivity contribution in [3.8, 4) is 11.1 Å². The van der Waals surface area contributed by atoms with E-state index in [4.69, 9.17) is 5.73 Å². The number of carboxylic acid groups (broad SMARTS) is 1. The van der Waals surface area contributed by atoms with Crippen LogP contribution in [-0.4, -0.2) is 26.7 Å². The number of carbonyl (C=O) groups excluding carboxylic acids is 1. The maximum Gasteiger partial charge on any atom is 0.319 e. The summed E-state index contributed by atoms with van der Waals surface area (Å²) in [4.78, 5) is 27.0. The van der Waals surface area contributed by atoms with E-state index in [1.807, 2.05) is 0 Å². The van der Waals surface area contributed by atoms with Crippen LogP contribution in [0.1, 0.15) is 24.2 Å². The number of hydrogen-bond donors (Lipinski definition) is 2. The number of rotatable bonds is 5. The molecular formula is C16H15FN2O3S. The highest BCUT2D eigenvalue weighted by Gasteiger charge is 2.29. The van der Waals surface area contributed by atoms with Crippen LogP contribution in [0.25, 0.3) is 11.1 Å². The average Bonchev–Trinajstić information content (AvgIpc) is 2.47. The molecule has 120 valence electrons. The molecule has 0 radical (unpaired) electrons. The molecule has 1 aromatic heterocycles. The van der Waals surface area contributed by atoms with Crippen LogP contribution in [0.2, 0.25) is 0 Å². The van der Waals surface area contributed by atoms with E-state index in [1.54, 1.807) is 19.9 Å². The number of hydrogen-bond acceptors (Lipinski definition) is 4. The van der Waals surface area contributed by atoms with Crippen molar-refractivity contribution < 1.29 is 19.1 Å². The van der Waals surface area contributed by atoms with E-state index in [0.29, 0.717) is 10.5 Å². The summed E-state index contributed by atoms with van der Waals surface area (Å²) in [6, 6.07) is 5.54. The molecule has 1 amide bonds. The molecule has 0 atom stereocenters. The van der Waals surface area contributed by atoms with E-state index in [1.165, 1.54) is 24.5 Å². The monoisotopic (exact) mass is 334 g/mol. The van der Waals surface area contributed by atoms with Crippen molar-refractivity contribution in [1.82, 2.24) is 4.98 Å². The maximum absolute atomic E-state index is 14.3. The lowest BCUT2D eigenvalue weighted by molar-refractivity contribution is -0.138. The smallest absolute Gasteiger partial charge is 0.319 e. The molecule has 2 aromatic rings. The molecule has 1 aromatic carbocycles. The van der Waals surface area contributed by atoms with Crippen LogP contribution >= 0.6 is 11.8 Å². The van der Waals surface area contributed by atoms with Crippen LogP contribution in [-0.2, 0) is 4.79 Å². The summed E-state index contributed by atoms with van der Waals surface area (Å²) in [5, 5.41) is 9.25. The number of amides is 1. The van der Waals surface area contributed by atoms with E-state index >= 15 is 0 Å². The maximum atomic E-state index is 14.3. The van der Waals surface area contributed by atoms with E-state index in [2.05, 4.69) is 4.98 Å². The third kappa shape index (κ3) is 3.68. The van der Waals surface area contributed by atoms with Gasteiger partial charge in [-0.1, -0.05) is 6.07 Å². The molecule has 0 aliphatic rings. The SMILES string of the molecule is CC(C)(Sc1ccncc1-c1ccc(C(N)=O)cc1F)C(=O)O. The number of halogens is 1. The zero-order valence-electron chi connectivity index (χ0n) is 12.5. The van der Waals surface area contributed by atoms with Crippen LogP contribution < -0.4 is 5.73 Å². The average molecular weight is 334 g/mol. The second kappa shape index (κ2) is 6.37. The zero-order chi connectivity index (χ0) is 17.2. The lowest BCUT2D eigenvalue weighted by Gasteiger charge is -2.20. The van der Waals surface area contributed by atoms with E-state index in [0.717, 1.165) is 17.8 Å². The number of thioether (sulfide) groups is 1. The first kappa shape index (κ1) is 17.0. The Morgan fingerprint density at radius 2 is 1.96 bits per heavy atom. The Hall–Kier alpha value is -2.41. The Morgan fingerprint density at radius 1 is 1.26 bits per heavy atom. The highest BCUT2D eigenvalue weighted by atomic mass is 32.2. The van der Waals surface area contributed by atoms with Crippen LogP contribution in [0, 0.1) is 5.82 Å². The summed E-state index contributed by atoms with van der Waals surface area (Å²) in [5.41, 5.74) is 5.88. The summed E-state index contributed by atoms with van der Waals surface area (Å²) >= 11 is 1.10. The molecule has 0 saturated carbocycles. The largest absolute Gasteiger partial charge is 0.480 e. The molecule has 0 fully saturated rings. The summed E-state index contributed by atoms with van der Waals surface area (Å²) < 4.78 is 13.2. The number of aromatic nitrogens is 1. The number of carboxylic acids is 1. The summed E-state index contributed by atoms with van der Waals surface area (Å²) in [6.07, 6.45) is 2.97. The first-order valence-electron chi connectivity index (χ1n) is 6.68. The Bertz CT molecular complexity index is 778. The van der Waals surface area contributed by atoms with Gasteiger partial charge in [0.2, 0.25) is 5.91 Å². The van der Waals surface area contributed by atoms with Crippen molar-refractivity contribution >= 4 is 23.6 Å². The number of nitrogens with two attached hydrogens (primary N) is 1. The van der Waals surface area contributed by atoms with Gasteiger partial charge >= 0.3 is 5.97 Å². The van der Waals surface area contributed by atoms with Crippen LogP contribution in [0.5, 0.6) is 0 Å². The Kier molecular flexibility index (Phi) is 4.70. The molecule has 0 bridgehead atoms. The topological polar surface area (TPSA) is 93.3 Å². The molecule has 0 unspecified atom stereocenters. The van der Waals surface area contributed by atoms with Gasteiger partial charge in [-0.3, -0.25) is 14.6 Å². The lowest BCUT2D eigenvalue weighted by atomic mass is 10.0. The second-order valence-corrected chi connectivity index (χ2v) is 7.01. The fourth-order valence-electron chi connectivity index (χ4n) is 1.88. The molecule has 23 heavy (non-hydrogen) atoms. The fourth-order valence-corrected chi connectivity index (χ4v) is 2.92. The number of aliphatic carboxylic acids is 1. The highest BCUT2D eigenvalue weighted by molar-refractivity contribution is 8.01. The van der Waals surface area contributed by atoms with E-state index < -0.39 is 22.4 Å². The molecule has 2 rings (SSSR count). The van der Waals surface area contributed by atoms with Gasteiger partial charge in [0, 0.05) is 34.0 Å². The first-order chi connectivity index (χ1) is 10.7. The summed E-state index contributed by atoms with van der Waals surface area (Å²) in [6.45, 7) is 3.13.